The van der Waals surface area contributed by atoms with Crippen molar-refractivity contribution in [1.29, 1.82) is 0 Å². The number of hydrazine groups is 1. The van der Waals surface area contributed by atoms with Crippen molar-refractivity contribution in [3.05, 3.63) is 29.8 Å². The Morgan fingerprint density at radius 3 is 2.23 bits per heavy atom. The molecule has 1 saturated heterocycles. The van der Waals surface area contributed by atoms with Crippen molar-refractivity contribution in [3.63, 3.8) is 0 Å². The van der Waals surface area contributed by atoms with Crippen LogP contribution in [0.3, 0.4) is 0 Å². The summed E-state index contributed by atoms with van der Waals surface area (Å²) in [5, 5.41) is 1.11. The molecule has 0 aromatic heterocycles. The number of esters is 1. The molecule has 0 saturated carbocycles. The number of anilines is 1. The van der Waals surface area contributed by atoms with Crippen LogP contribution in [0.5, 0.6) is 0 Å². The molecule has 7 heteroatoms. The number of alkyl halides is 3. The Hall–Kier alpha value is -1.76. The zero-order valence-corrected chi connectivity index (χ0v) is 15.5. The molecule has 4 nitrogen and oxygen atoms in total. The minimum atomic E-state index is -4.25. The normalized spacial score (nSPS) is 17.3. The maximum absolute atomic E-state index is 12.5. The molecule has 1 aliphatic heterocycles. The lowest BCUT2D eigenvalue weighted by Crippen LogP contribution is -2.23. The first-order valence-electron chi connectivity index (χ1n) is 8.99. The smallest absolute Gasteiger partial charge is 0.425 e. The summed E-state index contributed by atoms with van der Waals surface area (Å²) in [7, 11) is 0. The van der Waals surface area contributed by atoms with E-state index in [0.29, 0.717) is 12.1 Å². The number of ether oxygens (including phenoxy) is 1. The molecule has 1 N–H and O–H groups in total. The quantitative estimate of drug-likeness (QED) is 0.407. The first-order chi connectivity index (χ1) is 12.1. The number of nitrogens with zero attached hydrogens (tertiary/aromatic N) is 1. The Balaban J connectivity index is 1.60. The van der Waals surface area contributed by atoms with Gasteiger partial charge in [0.1, 0.15) is 5.60 Å². The van der Waals surface area contributed by atoms with Gasteiger partial charge in [-0.25, -0.2) is 5.43 Å². The Kier molecular flexibility index (Phi) is 6.55. The number of unbranched alkanes of at least 4 members (excludes halogenated alkanes) is 3. The van der Waals surface area contributed by atoms with E-state index >= 15 is 0 Å². The lowest BCUT2D eigenvalue weighted by atomic mass is 10.0. The average Bonchev–Trinajstić information content (AvgIpc) is 3.30. The Labute approximate surface area is 152 Å². The molecule has 0 amide bonds. The van der Waals surface area contributed by atoms with Crippen molar-refractivity contribution in [2.24, 2.45) is 0 Å². The molecular weight excluding hydrogens is 345 g/mol. The van der Waals surface area contributed by atoms with Gasteiger partial charge in [-0.05, 0) is 57.7 Å². The van der Waals surface area contributed by atoms with E-state index in [-0.39, 0.29) is 5.97 Å². The first-order valence-corrected chi connectivity index (χ1v) is 8.99. The van der Waals surface area contributed by atoms with E-state index in [1.807, 2.05) is 32.9 Å². The molecule has 2 rings (SSSR count). The summed E-state index contributed by atoms with van der Waals surface area (Å²) >= 11 is 0. The highest BCUT2D eigenvalue weighted by molar-refractivity contribution is 5.69. The highest BCUT2D eigenvalue weighted by atomic mass is 19.4. The SMILES string of the molecule is CC(C)(C)OC(=O)CCCCCCc1ccc(N2NC2C(F)(F)F)cc1. The molecule has 0 radical (unpaired) electrons. The van der Waals surface area contributed by atoms with Crippen LogP contribution in [-0.4, -0.2) is 23.9 Å². The van der Waals surface area contributed by atoms with Crippen molar-refractivity contribution in [2.75, 3.05) is 5.01 Å². The number of nitrogens with one attached hydrogen (secondary N) is 1. The summed E-state index contributed by atoms with van der Waals surface area (Å²) in [5.74, 6) is -0.158. The summed E-state index contributed by atoms with van der Waals surface area (Å²) in [6.07, 6.45) is -0.737. The van der Waals surface area contributed by atoms with Gasteiger partial charge >= 0.3 is 12.1 Å². The lowest BCUT2D eigenvalue weighted by molar-refractivity contribution is -0.154. The van der Waals surface area contributed by atoms with Crippen molar-refractivity contribution in [3.8, 4) is 0 Å². The van der Waals surface area contributed by atoms with Crippen LogP contribution in [-0.2, 0) is 16.0 Å². The van der Waals surface area contributed by atoms with Crippen molar-refractivity contribution >= 4 is 11.7 Å². The highest BCUT2D eigenvalue weighted by Crippen LogP contribution is 2.34. The molecule has 146 valence electrons. The van der Waals surface area contributed by atoms with Crippen molar-refractivity contribution in [2.45, 2.75) is 77.2 Å². The fourth-order valence-corrected chi connectivity index (χ4v) is 2.71. The van der Waals surface area contributed by atoms with Gasteiger partial charge in [0.05, 0.1) is 5.69 Å². The summed E-state index contributed by atoms with van der Waals surface area (Å²) in [6, 6.07) is 7.14. The predicted molar refractivity (Wildman–Crippen MR) is 94.5 cm³/mol. The van der Waals surface area contributed by atoms with Gasteiger partial charge in [-0.2, -0.15) is 13.2 Å². The molecule has 1 aromatic carbocycles. The van der Waals surface area contributed by atoms with Gasteiger partial charge in [-0.1, -0.05) is 25.0 Å². The summed E-state index contributed by atoms with van der Waals surface area (Å²) in [4.78, 5) is 11.6. The number of halogens is 3. The molecule has 1 fully saturated rings. The van der Waals surface area contributed by atoms with Crippen LogP contribution in [0, 0.1) is 0 Å². The number of carbonyl (C=O) groups is 1. The largest absolute Gasteiger partial charge is 0.460 e. The number of aryl methyl sites for hydroxylation is 1. The van der Waals surface area contributed by atoms with E-state index in [4.69, 9.17) is 4.74 Å². The molecule has 1 aromatic rings. The standard InChI is InChI=1S/C19H27F3N2O2/c1-18(2,3)26-16(25)9-7-5-4-6-8-14-10-12-15(13-11-14)24-17(23-24)19(20,21)22/h10-13,17,23H,4-9H2,1-3H3. The van der Waals surface area contributed by atoms with Gasteiger partial charge in [0.25, 0.3) is 0 Å². The second-order valence-corrected chi connectivity index (χ2v) is 7.61. The van der Waals surface area contributed by atoms with Crippen molar-refractivity contribution < 1.29 is 22.7 Å². The third-order valence-corrected chi connectivity index (χ3v) is 3.99. The van der Waals surface area contributed by atoms with Crippen molar-refractivity contribution in [1.82, 2.24) is 5.43 Å². The molecule has 0 aliphatic carbocycles. The minimum absolute atomic E-state index is 0.158. The van der Waals surface area contributed by atoms with E-state index in [0.717, 1.165) is 42.7 Å². The van der Waals surface area contributed by atoms with Gasteiger partial charge in [-0.15, -0.1) is 0 Å². The molecular formula is C19H27F3N2O2. The van der Waals surface area contributed by atoms with Gasteiger partial charge in [0.2, 0.25) is 6.17 Å². The zero-order chi connectivity index (χ0) is 19.4. The van der Waals surface area contributed by atoms with Gasteiger partial charge in [0, 0.05) is 6.42 Å². The third-order valence-electron chi connectivity index (χ3n) is 3.99. The van der Waals surface area contributed by atoms with Crippen LogP contribution in [0.25, 0.3) is 0 Å². The fraction of sp³-hybridized carbons (Fsp3) is 0.632. The van der Waals surface area contributed by atoms with E-state index in [1.54, 1.807) is 12.1 Å². The monoisotopic (exact) mass is 372 g/mol. The molecule has 1 aliphatic rings. The molecule has 0 spiro atoms. The van der Waals surface area contributed by atoms with Crippen LogP contribution >= 0.6 is 0 Å². The summed E-state index contributed by atoms with van der Waals surface area (Å²) in [6.45, 7) is 5.57. The zero-order valence-electron chi connectivity index (χ0n) is 15.5. The number of carbonyl (C=O) groups excluding carboxylic acids is 1. The first kappa shape index (κ1) is 20.6. The fourth-order valence-electron chi connectivity index (χ4n) is 2.71. The summed E-state index contributed by atoms with van der Waals surface area (Å²) < 4.78 is 42.8. The molecule has 1 heterocycles. The van der Waals surface area contributed by atoms with Crippen LogP contribution in [0.15, 0.2) is 24.3 Å². The molecule has 1 atom stereocenters. The third kappa shape index (κ3) is 6.86. The van der Waals surface area contributed by atoms with Crippen LogP contribution in [0.4, 0.5) is 18.9 Å². The van der Waals surface area contributed by atoms with Gasteiger partial charge < -0.3 is 4.74 Å². The number of benzene rings is 1. The lowest BCUT2D eigenvalue weighted by Gasteiger charge is -2.19. The van der Waals surface area contributed by atoms with Crippen LogP contribution in [0.2, 0.25) is 0 Å². The summed E-state index contributed by atoms with van der Waals surface area (Å²) in [5.41, 5.74) is 3.49. The van der Waals surface area contributed by atoms with Crippen LogP contribution in [0.1, 0.15) is 58.4 Å². The predicted octanol–water partition coefficient (Wildman–Crippen LogP) is 4.73. The Morgan fingerprint density at radius 1 is 1.08 bits per heavy atom. The Morgan fingerprint density at radius 2 is 1.69 bits per heavy atom. The average molecular weight is 372 g/mol. The van der Waals surface area contributed by atoms with E-state index in [2.05, 4.69) is 5.43 Å². The van der Waals surface area contributed by atoms with E-state index in [9.17, 15) is 18.0 Å². The molecule has 0 bridgehead atoms. The maximum atomic E-state index is 12.5. The van der Waals surface area contributed by atoms with E-state index < -0.39 is 17.9 Å². The minimum Gasteiger partial charge on any atom is -0.460 e. The second-order valence-electron chi connectivity index (χ2n) is 7.61. The molecule has 1 unspecified atom stereocenters. The Bertz CT molecular complexity index is 594. The van der Waals surface area contributed by atoms with Crippen LogP contribution < -0.4 is 10.4 Å². The van der Waals surface area contributed by atoms with Gasteiger partial charge in [0.15, 0.2) is 0 Å². The van der Waals surface area contributed by atoms with E-state index in [1.165, 1.54) is 0 Å². The maximum Gasteiger partial charge on any atom is 0.425 e. The number of hydrogen-bond acceptors (Lipinski definition) is 4. The molecule has 26 heavy (non-hydrogen) atoms. The topological polar surface area (TPSA) is 51.2 Å². The number of rotatable bonds is 8. The second kappa shape index (κ2) is 8.29. The van der Waals surface area contributed by atoms with Gasteiger partial charge in [-0.3, -0.25) is 9.80 Å². The number of hydrogen-bond donors (Lipinski definition) is 1. The highest BCUT2D eigenvalue weighted by Gasteiger charge is 2.54.